The molecule has 0 bridgehead atoms. The van der Waals surface area contributed by atoms with Crippen LogP contribution in [0.2, 0.25) is 0 Å². The number of carbonyl (C=O) groups is 5. The van der Waals surface area contributed by atoms with E-state index in [9.17, 15) is 19.5 Å². The van der Waals surface area contributed by atoms with Gasteiger partial charge in [0.2, 0.25) is 11.8 Å². The van der Waals surface area contributed by atoms with E-state index in [0.717, 1.165) is 11.1 Å². The lowest BCUT2D eigenvalue weighted by atomic mass is 9.44. The molecule has 0 spiro atoms. The summed E-state index contributed by atoms with van der Waals surface area (Å²) in [5.74, 6) is -4.11. The van der Waals surface area contributed by atoms with Gasteiger partial charge < -0.3 is 9.84 Å². The summed E-state index contributed by atoms with van der Waals surface area (Å²) < 4.78 is 5.70. The molecule has 2 fully saturated rings. The lowest BCUT2D eigenvalue weighted by molar-refractivity contribution is -0.135. The van der Waals surface area contributed by atoms with Crippen LogP contribution in [0.25, 0.3) is 5.57 Å². The zero-order valence-electron chi connectivity index (χ0n) is 31.0. The SMILES string of the molecule is O=C(c1ccccc1)c1ccc(N2C(=O)[C@H]3[C@H](CC=C4[C@H]3C[C@H]3C(=O)C(c5ccccc5)=CC(=O)[C@@]3(c3ccccc3)[C@H]4c3ccc(OCCO)cc3)C2=O)cc1. The van der Waals surface area contributed by atoms with Gasteiger partial charge in [-0.05, 0) is 77.9 Å². The number of Topliss-reactive ketones (excluding diaryl/α,β-unsaturated/α-hetero) is 1. The number of hydrogen-bond donors (Lipinski definition) is 1. The Kier molecular flexibility index (Phi) is 9.21. The molecule has 1 heterocycles. The van der Waals surface area contributed by atoms with Gasteiger partial charge in [0.05, 0.1) is 29.5 Å². The number of benzene rings is 5. The van der Waals surface area contributed by atoms with Gasteiger partial charge in [0.25, 0.3) is 0 Å². The molecule has 2 amide bonds. The first-order chi connectivity index (χ1) is 27.8. The molecule has 0 radical (unpaired) electrons. The average Bonchev–Trinajstić information content (AvgIpc) is 3.52. The van der Waals surface area contributed by atoms with Crippen molar-refractivity contribution >= 4 is 40.4 Å². The summed E-state index contributed by atoms with van der Waals surface area (Å²) in [4.78, 5) is 73.9. The maximum Gasteiger partial charge on any atom is 0.238 e. The Labute approximate surface area is 330 Å². The van der Waals surface area contributed by atoms with Crippen LogP contribution in [0.4, 0.5) is 5.69 Å². The minimum absolute atomic E-state index is 0.119. The highest BCUT2D eigenvalue weighted by Crippen LogP contribution is 2.63. The van der Waals surface area contributed by atoms with Crippen LogP contribution in [0, 0.1) is 23.7 Å². The second-order valence-corrected chi connectivity index (χ2v) is 15.2. The number of ketones is 3. The molecule has 9 rings (SSSR count). The summed E-state index contributed by atoms with van der Waals surface area (Å²) in [7, 11) is 0. The summed E-state index contributed by atoms with van der Waals surface area (Å²) in [5, 5.41) is 9.37. The Hall–Kier alpha value is -6.51. The highest BCUT2D eigenvalue weighted by molar-refractivity contribution is 6.32. The number of hydrogen-bond acceptors (Lipinski definition) is 7. The van der Waals surface area contributed by atoms with Gasteiger partial charge in [-0.15, -0.1) is 0 Å². The van der Waals surface area contributed by atoms with Crippen molar-refractivity contribution in [3.05, 3.63) is 185 Å². The molecule has 0 unspecified atom stereocenters. The molecule has 1 saturated carbocycles. The van der Waals surface area contributed by atoms with Gasteiger partial charge in [-0.3, -0.25) is 28.9 Å². The Morgan fingerprint density at radius 1 is 0.719 bits per heavy atom. The maximum atomic E-state index is 15.2. The number of imide groups is 1. The number of ether oxygens (including phenoxy) is 1. The van der Waals surface area contributed by atoms with E-state index in [1.807, 2.05) is 84.9 Å². The summed E-state index contributed by atoms with van der Waals surface area (Å²) in [6.45, 7) is -0.0272. The first kappa shape index (κ1) is 36.1. The molecule has 57 heavy (non-hydrogen) atoms. The Balaban J connectivity index is 1.16. The number of amides is 2. The summed E-state index contributed by atoms with van der Waals surface area (Å²) in [6, 6.07) is 41.5. The summed E-state index contributed by atoms with van der Waals surface area (Å²) in [5.41, 5.74) is 3.36. The normalized spacial score (nSPS) is 25.2. The van der Waals surface area contributed by atoms with Crippen molar-refractivity contribution in [3.63, 3.8) is 0 Å². The van der Waals surface area contributed by atoms with E-state index in [-0.39, 0.29) is 48.8 Å². The summed E-state index contributed by atoms with van der Waals surface area (Å²) in [6.07, 6.45) is 4.04. The fourth-order valence-electron chi connectivity index (χ4n) is 9.94. The van der Waals surface area contributed by atoms with Crippen molar-refractivity contribution in [1.82, 2.24) is 0 Å². The predicted molar refractivity (Wildman–Crippen MR) is 214 cm³/mol. The number of fused-ring (bicyclic) bond motifs is 4. The van der Waals surface area contributed by atoms with Gasteiger partial charge >= 0.3 is 0 Å². The number of anilines is 1. The Morgan fingerprint density at radius 3 is 2.02 bits per heavy atom. The monoisotopic (exact) mass is 753 g/mol. The molecule has 5 aromatic carbocycles. The van der Waals surface area contributed by atoms with Gasteiger partial charge in [0, 0.05) is 28.5 Å². The molecular weight excluding hydrogens is 715 g/mol. The molecule has 1 N–H and O–H groups in total. The second-order valence-electron chi connectivity index (χ2n) is 15.2. The molecule has 5 aromatic rings. The number of carbonyl (C=O) groups excluding carboxylic acids is 5. The first-order valence-corrected chi connectivity index (χ1v) is 19.4. The number of rotatable bonds is 9. The van der Waals surface area contributed by atoms with Crippen molar-refractivity contribution < 1.29 is 33.8 Å². The fourth-order valence-corrected chi connectivity index (χ4v) is 9.94. The van der Waals surface area contributed by atoms with Crippen LogP contribution in [0.3, 0.4) is 0 Å². The molecule has 282 valence electrons. The van der Waals surface area contributed by atoms with Crippen LogP contribution < -0.4 is 9.64 Å². The van der Waals surface area contributed by atoms with E-state index in [1.165, 1.54) is 11.0 Å². The van der Waals surface area contributed by atoms with E-state index < -0.39 is 35.0 Å². The van der Waals surface area contributed by atoms with E-state index >= 15 is 9.59 Å². The predicted octanol–water partition coefficient (Wildman–Crippen LogP) is 7.32. The van der Waals surface area contributed by atoms with Gasteiger partial charge in [0.1, 0.15) is 12.4 Å². The first-order valence-electron chi connectivity index (χ1n) is 19.4. The van der Waals surface area contributed by atoms with Crippen molar-refractivity contribution in [2.75, 3.05) is 18.1 Å². The quantitative estimate of drug-likeness (QED) is 0.0953. The van der Waals surface area contributed by atoms with Crippen molar-refractivity contribution in [3.8, 4) is 5.75 Å². The molecule has 1 saturated heterocycles. The standard InChI is InChI=1S/C49H39NO7/c51-26-27-57-36-22-18-31(19-23-36)44-37-24-25-38-43(48(56)50(47(38)55)35-20-16-33(17-21-35)45(53)32-12-6-2-7-13-32)40(37)28-41-46(54)39(30-10-4-1-5-11-30)29-42(52)49(41,44)34-14-8-3-9-15-34/h1-24,29,38,40-41,43-44,51H,25-28H2/t38-,40+,41-,43-,44-,49-/m0/s1. The lowest BCUT2D eigenvalue weighted by Crippen LogP contribution is -2.58. The highest BCUT2D eigenvalue weighted by Gasteiger charge is 2.66. The zero-order valence-corrected chi connectivity index (χ0v) is 31.0. The summed E-state index contributed by atoms with van der Waals surface area (Å²) >= 11 is 0. The molecule has 4 aliphatic rings. The molecule has 6 atom stereocenters. The van der Waals surface area contributed by atoms with E-state index in [0.29, 0.717) is 45.7 Å². The minimum atomic E-state index is -1.34. The number of allylic oxidation sites excluding steroid dienone is 4. The minimum Gasteiger partial charge on any atom is -0.491 e. The highest BCUT2D eigenvalue weighted by atomic mass is 16.5. The van der Waals surface area contributed by atoms with Crippen LogP contribution in [-0.4, -0.2) is 47.5 Å². The molecular formula is C49H39NO7. The van der Waals surface area contributed by atoms with Gasteiger partial charge in [-0.1, -0.05) is 115 Å². The third-order valence-corrected chi connectivity index (χ3v) is 12.4. The van der Waals surface area contributed by atoms with Crippen LogP contribution in [0.5, 0.6) is 5.75 Å². The smallest absolute Gasteiger partial charge is 0.238 e. The largest absolute Gasteiger partial charge is 0.491 e. The van der Waals surface area contributed by atoms with Crippen molar-refractivity contribution in [1.29, 1.82) is 0 Å². The van der Waals surface area contributed by atoms with E-state index in [4.69, 9.17) is 4.74 Å². The van der Waals surface area contributed by atoms with Crippen LogP contribution in [0.1, 0.15) is 51.4 Å². The average molecular weight is 754 g/mol. The number of nitrogens with zero attached hydrogens (tertiary/aromatic N) is 1. The van der Waals surface area contributed by atoms with E-state index in [2.05, 4.69) is 0 Å². The van der Waals surface area contributed by atoms with Crippen molar-refractivity contribution in [2.24, 2.45) is 23.7 Å². The molecule has 8 nitrogen and oxygen atoms in total. The zero-order chi connectivity index (χ0) is 39.3. The van der Waals surface area contributed by atoms with E-state index in [1.54, 1.807) is 60.7 Å². The third kappa shape index (κ3) is 5.82. The van der Waals surface area contributed by atoms with Gasteiger partial charge in [-0.2, -0.15) is 0 Å². The van der Waals surface area contributed by atoms with Crippen molar-refractivity contribution in [2.45, 2.75) is 24.2 Å². The van der Waals surface area contributed by atoms with Crippen LogP contribution in [-0.2, 0) is 24.6 Å². The number of aliphatic hydroxyl groups is 1. The molecule has 0 aromatic heterocycles. The Morgan fingerprint density at radius 2 is 1.35 bits per heavy atom. The second kappa shape index (κ2) is 14.5. The molecule has 8 heteroatoms. The van der Waals surface area contributed by atoms with Gasteiger partial charge in [-0.25, -0.2) is 0 Å². The molecule has 1 aliphatic heterocycles. The maximum absolute atomic E-state index is 15.2. The topological polar surface area (TPSA) is 118 Å². The van der Waals surface area contributed by atoms with Gasteiger partial charge in [0.15, 0.2) is 17.3 Å². The molecule has 3 aliphatic carbocycles. The Bertz CT molecular complexity index is 2460. The lowest BCUT2D eigenvalue weighted by Gasteiger charge is -2.55. The number of aliphatic hydroxyl groups excluding tert-OH is 1. The van der Waals surface area contributed by atoms with Crippen LogP contribution in [0.15, 0.2) is 157 Å². The fraction of sp³-hybridized carbons (Fsp3) is 0.204. The van der Waals surface area contributed by atoms with Crippen LogP contribution >= 0.6 is 0 Å². The third-order valence-electron chi connectivity index (χ3n) is 12.4.